The van der Waals surface area contributed by atoms with Gasteiger partial charge in [0, 0.05) is 16.8 Å². The number of anilines is 2. The number of rotatable bonds is 5. The standard InChI is InChI=1S/C29H28N2O4/c1-18-16-23-26(28(32)25(18)29(33)34-2)27(31-22-14-8-7-13-21(22)30-23)20-12-6-9-15-24(20)35-17-19-10-4-3-5-11-19/h3-15,18,25,27,30-31H,16-17H2,1-2H3/t18-,25+,27-/m1/s1. The van der Waals surface area contributed by atoms with Crippen molar-refractivity contribution in [3.63, 3.8) is 0 Å². The molecule has 0 bridgehead atoms. The zero-order chi connectivity index (χ0) is 24.4. The van der Waals surface area contributed by atoms with Crippen LogP contribution in [0.15, 0.2) is 90.1 Å². The highest BCUT2D eigenvalue weighted by molar-refractivity contribution is 6.11. The van der Waals surface area contributed by atoms with Crippen LogP contribution in [0, 0.1) is 11.8 Å². The van der Waals surface area contributed by atoms with Gasteiger partial charge in [0.1, 0.15) is 18.3 Å². The van der Waals surface area contributed by atoms with Crippen LogP contribution in [0.4, 0.5) is 11.4 Å². The van der Waals surface area contributed by atoms with E-state index in [9.17, 15) is 9.59 Å². The fourth-order valence-electron chi connectivity index (χ4n) is 4.95. The van der Waals surface area contributed by atoms with Gasteiger partial charge in [-0.3, -0.25) is 9.59 Å². The largest absolute Gasteiger partial charge is 0.489 e. The van der Waals surface area contributed by atoms with Crippen LogP contribution < -0.4 is 15.4 Å². The van der Waals surface area contributed by atoms with Crippen LogP contribution in [-0.2, 0) is 20.9 Å². The van der Waals surface area contributed by atoms with E-state index in [2.05, 4.69) is 10.6 Å². The number of ketones is 1. The number of carbonyl (C=O) groups excluding carboxylic acids is 2. The number of fused-ring (bicyclic) bond motifs is 1. The Balaban J connectivity index is 1.59. The van der Waals surface area contributed by atoms with E-state index in [4.69, 9.17) is 9.47 Å². The molecule has 178 valence electrons. The highest BCUT2D eigenvalue weighted by Gasteiger charge is 2.44. The molecular weight excluding hydrogens is 440 g/mol. The molecule has 0 amide bonds. The van der Waals surface area contributed by atoms with E-state index in [1.54, 1.807) is 0 Å². The zero-order valence-corrected chi connectivity index (χ0v) is 19.8. The average Bonchev–Trinajstić information content (AvgIpc) is 3.04. The van der Waals surface area contributed by atoms with Crippen molar-refractivity contribution < 1.29 is 19.1 Å². The molecule has 3 aromatic rings. The molecule has 3 aromatic carbocycles. The lowest BCUT2D eigenvalue weighted by Gasteiger charge is -2.33. The number of hydrogen-bond donors (Lipinski definition) is 2. The molecule has 0 spiro atoms. The number of hydrogen-bond acceptors (Lipinski definition) is 6. The summed E-state index contributed by atoms with van der Waals surface area (Å²) in [5, 5.41) is 7.04. The van der Waals surface area contributed by atoms with Crippen LogP contribution in [0.1, 0.15) is 30.5 Å². The highest BCUT2D eigenvalue weighted by atomic mass is 16.5. The molecule has 0 fully saturated rings. The molecule has 2 N–H and O–H groups in total. The molecule has 35 heavy (non-hydrogen) atoms. The van der Waals surface area contributed by atoms with Crippen molar-refractivity contribution in [2.24, 2.45) is 11.8 Å². The molecule has 0 saturated heterocycles. The lowest BCUT2D eigenvalue weighted by Crippen LogP contribution is -2.39. The van der Waals surface area contributed by atoms with Gasteiger partial charge in [-0.25, -0.2) is 0 Å². The number of para-hydroxylation sites is 3. The van der Waals surface area contributed by atoms with Gasteiger partial charge in [0.15, 0.2) is 5.78 Å². The van der Waals surface area contributed by atoms with Crippen molar-refractivity contribution in [2.75, 3.05) is 17.7 Å². The van der Waals surface area contributed by atoms with E-state index in [1.807, 2.05) is 85.8 Å². The third kappa shape index (κ3) is 4.39. The number of Topliss-reactive ketones (excluding diaryl/α,β-unsaturated/α-hetero) is 1. The first kappa shape index (κ1) is 22.7. The maximum absolute atomic E-state index is 13.9. The van der Waals surface area contributed by atoms with Gasteiger partial charge in [-0.1, -0.05) is 67.6 Å². The third-order valence-corrected chi connectivity index (χ3v) is 6.69. The van der Waals surface area contributed by atoms with Crippen LogP contribution in [0.3, 0.4) is 0 Å². The van der Waals surface area contributed by atoms with E-state index in [0.29, 0.717) is 24.4 Å². The number of ether oxygens (including phenoxy) is 2. The Hall–Kier alpha value is -4.06. The summed E-state index contributed by atoms with van der Waals surface area (Å²) in [5.41, 5.74) is 5.02. The lowest BCUT2D eigenvalue weighted by atomic mass is 9.74. The van der Waals surface area contributed by atoms with E-state index in [0.717, 1.165) is 28.2 Å². The number of allylic oxidation sites excluding steroid dienone is 1. The van der Waals surface area contributed by atoms with Gasteiger partial charge in [0.05, 0.1) is 24.5 Å². The van der Waals surface area contributed by atoms with Gasteiger partial charge >= 0.3 is 5.97 Å². The Bertz CT molecular complexity index is 1280. The smallest absolute Gasteiger partial charge is 0.316 e. The first-order chi connectivity index (χ1) is 17.1. The summed E-state index contributed by atoms with van der Waals surface area (Å²) in [6.07, 6.45) is 0.556. The maximum atomic E-state index is 13.9. The van der Waals surface area contributed by atoms with Crippen molar-refractivity contribution in [3.05, 3.63) is 101 Å². The first-order valence-corrected chi connectivity index (χ1v) is 11.8. The Morgan fingerprint density at radius 2 is 1.63 bits per heavy atom. The number of nitrogens with one attached hydrogen (secondary N) is 2. The van der Waals surface area contributed by atoms with Crippen LogP contribution in [0.25, 0.3) is 0 Å². The van der Waals surface area contributed by atoms with Crippen LogP contribution >= 0.6 is 0 Å². The van der Waals surface area contributed by atoms with Crippen LogP contribution in [0.2, 0.25) is 0 Å². The van der Waals surface area contributed by atoms with Crippen molar-refractivity contribution >= 4 is 23.1 Å². The summed E-state index contributed by atoms with van der Waals surface area (Å²) in [6.45, 7) is 2.32. The Kier molecular flexibility index (Phi) is 6.27. The minimum absolute atomic E-state index is 0.184. The predicted molar refractivity (Wildman–Crippen MR) is 135 cm³/mol. The second-order valence-electron chi connectivity index (χ2n) is 9.00. The maximum Gasteiger partial charge on any atom is 0.316 e. The molecule has 1 heterocycles. The van der Waals surface area contributed by atoms with Crippen LogP contribution in [-0.4, -0.2) is 18.9 Å². The highest BCUT2D eigenvalue weighted by Crippen LogP contribution is 2.45. The topological polar surface area (TPSA) is 76.7 Å². The molecule has 6 heteroatoms. The molecule has 0 unspecified atom stereocenters. The molecule has 2 aliphatic rings. The molecule has 1 aliphatic heterocycles. The summed E-state index contributed by atoms with van der Waals surface area (Å²) < 4.78 is 11.3. The minimum atomic E-state index is -0.844. The Morgan fingerprint density at radius 1 is 0.943 bits per heavy atom. The van der Waals surface area contributed by atoms with Crippen molar-refractivity contribution in [3.8, 4) is 5.75 Å². The van der Waals surface area contributed by atoms with Crippen molar-refractivity contribution in [2.45, 2.75) is 26.0 Å². The van der Waals surface area contributed by atoms with E-state index < -0.39 is 17.9 Å². The number of carbonyl (C=O) groups is 2. The molecule has 0 radical (unpaired) electrons. The number of esters is 1. The van der Waals surface area contributed by atoms with E-state index in [1.165, 1.54) is 7.11 Å². The summed E-state index contributed by atoms with van der Waals surface area (Å²) >= 11 is 0. The summed E-state index contributed by atoms with van der Waals surface area (Å²) in [5.74, 6) is -1.06. The SMILES string of the molecule is COC(=O)[C@@H]1C(=O)C2=C(C[C@H]1C)Nc1ccccc1N[C@@H]2c1ccccc1OCc1ccccc1. The molecular formula is C29H28N2O4. The molecule has 0 aromatic heterocycles. The number of methoxy groups -OCH3 is 1. The van der Waals surface area contributed by atoms with Gasteiger partial charge < -0.3 is 20.1 Å². The molecule has 0 saturated carbocycles. The van der Waals surface area contributed by atoms with E-state index >= 15 is 0 Å². The van der Waals surface area contributed by atoms with Gasteiger partial charge in [0.25, 0.3) is 0 Å². The van der Waals surface area contributed by atoms with Crippen molar-refractivity contribution in [1.29, 1.82) is 0 Å². The second-order valence-corrected chi connectivity index (χ2v) is 9.00. The quantitative estimate of drug-likeness (QED) is 0.381. The lowest BCUT2D eigenvalue weighted by molar-refractivity contribution is -0.151. The van der Waals surface area contributed by atoms with Crippen LogP contribution in [0.5, 0.6) is 5.75 Å². The predicted octanol–water partition coefficient (Wildman–Crippen LogP) is 5.50. The summed E-state index contributed by atoms with van der Waals surface area (Å²) in [4.78, 5) is 26.5. The summed E-state index contributed by atoms with van der Waals surface area (Å²) in [6, 6.07) is 25.1. The van der Waals surface area contributed by atoms with Gasteiger partial charge in [-0.05, 0) is 36.1 Å². The molecule has 1 aliphatic carbocycles. The minimum Gasteiger partial charge on any atom is -0.489 e. The second kappa shape index (κ2) is 9.66. The normalized spacial score (nSPS) is 21.1. The number of benzene rings is 3. The Labute approximate surface area is 205 Å². The Morgan fingerprint density at radius 3 is 2.40 bits per heavy atom. The molecule has 6 nitrogen and oxygen atoms in total. The first-order valence-electron chi connectivity index (χ1n) is 11.8. The average molecular weight is 469 g/mol. The fraction of sp³-hybridized carbons (Fsp3) is 0.241. The molecule has 5 rings (SSSR count). The molecule has 3 atom stereocenters. The van der Waals surface area contributed by atoms with Crippen molar-refractivity contribution in [1.82, 2.24) is 0 Å². The van der Waals surface area contributed by atoms with Gasteiger partial charge in [-0.15, -0.1) is 0 Å². The van der Waals surface area contributed by atoms with E-state index in [-0.39, 0.29) is 11.7 Å². The zero-order valence-electron chi connectivity index (χ0n) is 19.8. The third-order valence-electron chi connectivity index (χ3n) is 6.69. The summed E-state index contributed by atoms with van der Waals surface area (Å²) in [7, 11) is 1.33. The fourth-order valence-corrected chi connectivity index (χ4v) is 4.95. The monoisotopic (exact) mass is 468 g/mol. The van der Waals surface area contributed by atoms with Gasteiger partial charge in [0.2, 0.25) is 0 Å². The van der Waals surface area contributed by atoms with Gasteiger partial charge in [-0.2, -0.15) is 0 Å².